The number of aromatic carboxylic acids is 1. The molecule has 1 aromatic heterocycles. The van der Waals surface area contributed by atoms with Gasteiger partial charge in [0.25, 0.3) is 0 Å². The lowest BCUT2D eigenvalue weighted by Gasteiger charge is -2.04. The topological polar surface area (TPSA) is 110 Å². The van der Waals surface area contributed by atoms with Gasteiger partial charge in [-0.05, 0) is 17.7 Å². The Bertz CT molecular complexity index is 665. The highest BCUT2D eigenvalue weighted by molar-refractivity contribution is 5.87. The smallest absolute Gasteiger partial charge is 0.335 e. The van der Waals surface area contributed by atoms with Gasteiger partial charge in [0.05, 0.1) is 10.5 Å². The van der Waals surface area contributed by atoms with Crippen LogP contribution in [0.1, 0.15) is 15.9 Å². The summed E-state index contributed by atoms with van der Waals surface area (Å²) in [4.78, 5) is 21.1. The number of hydrogen-bond donors (Lipinski definition) is 2. The molecule has 0 aliphatic heterocycles. The van der Waals surface area contributed by atoms with Gasteiger partial charge in [0.2, 0.25) is 5.82 Å². The third-order valence-electron chi connectivity index (χ3n) is 2.64. The lowest BCUT2D eigenvalue weighted by Crippen LogP contribution is -2.04. The Morgan fingerprint density at radius 3 is 2.95 bits per heavy atom. The van der Waals surface area contributed by atoms with Crippen molar-refractivity contribution in [3.8, 4) is 0 Å². The Kier molecular flexibility index (Phi) is 3.65. The van der Waals surface area contributed by atoms with Crippen LogP contribution in [-0.2, 0) is 13.6 Å². The molecule has 1 aromatic carbocycles. The molecule has 0 atom stereocenters. The Morgan fingerprint density at radius 2 is 2.30 bits per heavy atom. The van der Waals surface area contributed by atoms with Gasteiger partial charge in [-0.15, -0.1) is 5.10 Å². The molecule has 0 fully saturated rings. The van der Waals surface area contributed by atoms with E-state index >= 15 is 0 Å². The number of anilines is 1. The minimum absolute atomic E-state index is 0.123. The van der Waals surface area contributed by atoms with Gasteiger partial charge in [-0.2, -0.15) is 0 Å². The van der Waals surface area contributed by atoms with Crippen LogP contribution >= 0.6 is 0 Å². The number of hydrogen-bond acceptors (Lipinski definition) is 5. The average molecular weight is 276 g/mol. The molecule has 2 N–H and O–H groups in total. The van der Waals surface area contributed by atoms with Crippen LogP contribution in [0.3, 0.4) is 0 Å². The molecule has 0 aliphatic rings. The van der Waals surface area contributed by atoms with E-state index in [1.54, 1.807) is 19.2 Å². The first kappa shape index (κ1) is 13.5. The summed E-state index contributed by atoms with van der Waals surface area (Å²) in [6, 6.07) is 6.33. The van der Waals surface area contributed by atoms with Crippen molar-refractivity contribution in [1.29, 1.82) is 0 Å². The number of aryl methyl sites for hydroxylation is 1. The molecule has 0 unspecified atom stereocenters. The Labute approximate surface area is 113 Å². The summed E-state index contributed by atoms with van der Waals surface area (Å²) < 4.78 is 1.34. The standard InChI is InChI=1S/C12H12N4O4/c1-15-7-10(16(19)20)11(14-15)13-6-8-3-2-4-9(5-8)12(17)18/h2-5,7H,6H2,1H3,(H,13,14)(H,17,18). The van der Waals surface area contributed by atoms with E-state index in [2.05, 4.69) is 10.4 Å². The second-order valence-electron chi connectivity index (χ2n) is 4.15. The van der Waals surface area contributed by atoms with Crippen LogP contribution < -0.4 is 5.32 Å². The zero-order chi connectivity index (χ0) is 14.7. The summed E-state index contributed by atoms with van der Waals surface area (Å²) in [5, 5.41) is 26.5. The molecule has 0 spiro atoms. The maximum atomic E-state index is 10.8. The van der Waals surface area contributed by atoms with Crippen molar-refractivity contribution in [2.45, 2.75) is 6.54 Å². The minimum atomic E-state index is -1.02. The Balaban J connectivity index is 2.15. The number of nitrogens with zero attached hydrogens (tertiary/aromatic N) is 3. The van der Waals surface area contributed by atoms with E-state index in [0.717, 1.165) is 0 Å². The summed E-state index contributed by atoms with van der Waals surface area (Å²) in [7, 11) is 1.59. The average Bonchev–Trinajstić information content (AvgIpc) is 2.78. The Morgan fingerprint density at radius 1 is 1.55 bits per heavy atom. The number of carboxylic acids is 1. The summed E-state index contributed by atoms with van der Waals surface area (Å²) in [5.41, 5.74) is 0.742. The van der Waals surface area contributed by atoms with Crippen molar-refractivity contribution in [3.63, 3.8) is 0 Å². The molecular weight excluding hydrogens is 264 g/mol. The highest BCUT2D eigenvalue weighted by Gasteiger charge is 2.17. The van der Waals surface area contributed by atoms with Gasteiger partial charge >= 0.3 is 11.7 Å². The highest BCUT2D eigenvalue weighted by Crippen LogP contribution is 2.22. The number of rotatable bonds is 5. The summed E-state index contributed by atoms with van der Waals surface area (Å²) in [6.07, 6.45) is 1.30. The molecule has 0 bridgehead atoms. The second kappa shape index (κ2) is 5.39. The zero-order valence-electron chi connectivity index (χ0n) is 10.6. The first-order chi connectivity index (χ1) is 9.47. The first-order valence-electron chi connectivity index (χ1n) is 5.71. The van der Waals surface area contributed by atoms with E-state index in [4.69, 9.17) is 5.11 Å². The molecule has 0 radical (unpaired) electrons. The summed E-state index contributed by atoms with van der Waals surface area (Å²) in [6.45, 7) is 0.249. The van der Waals surface area contributed by atoms with Crippen LogP contribution in [0, 0.1) is 10.1 Å². The van der Waals surface area contributed by atoms with E-state index in [1.807, 2.05) is 0 Å². The Hall–Kier alpha value is -2.90. The molecule has 20 heavy (non-hydrogen) atoms. The molecule has 0 aliphatic carbocycles. The summed E-state index contributed by atoms with van der Waals surface area (Å²) in [5.74, 6) is -0.867. The molecular formula is C12H12N4O4. The molecule has 0 amide bonds. The monoisotopic (exact) mass is 276 g/mol. The fourth-order valence-corrected chi connectivity index (χ4v) is 1.74. The van der Waals surface area contributed by atoms with E-state index in [9.17, 15) is 14.9 Å². The van der Waals surface area contributed by atoms with Crippen molar-refractivity contribution in [1.82, 2.24) is 9.78 Å². The van der Waals surface area contributed by atoms with Crippen molar-refractivity contribution in [3.05, 3.63) is 51.7 Å². The van der Waals surface area contributed by atoms with Crippen LogP contribution in [0.2, 0.25) is 0 Å². The SMILES string of the molecule is Cn1cc([N+](=O)[O-])c(NCc2cccc(C(=O)O)c2)n1. The molecule has 8 nitrogen and oxygen atoms in total. The third kappa shape index (κ3) is 2.91. The van der Waals surface area contributed by atoms with E-state index in [-0.39, 0.29) is 23.6 Å². The molecule has 0 saturated carbocycles. The van der Waals surface area contributed by atoms with Gasteiger partial charge in [0.15, 0.2) is 0 Å². The largest absolute Gasteiger partial charge is 0.478 e. The lowest BCUT2D eigenvalue weighted by atomic mass is 10.1. The number of nitrogens with one attached hydrogen (secondary N) is 1. The number of carboxylic acid groups (broad SMARTS) is 1. The van der Waals surface area contributed by atoms with Crippen molar-refractivity contribution >= 4 is 17.5 Å². The van der Waals surface area contributed by atoms with Gasteiger partial charge in [0, 0.05) is 13.6 Å². The summed E-state index contributed by atoms with van der Waals surface area (Å²) >= 11 is 0. The first-order valence-corrected chi connectivity index (χ1v) is 5.71. The van der Waals surface area contributed by atoms with Crippen molar-refractivity contribution in [2.75, 3.05) is 5.32 Å². The number of carbonyl (C=O) groups is 1. The van der Waals surface area contributed by atoms with Gasteiger partial charge in [-0.1, -0.05) is 12.1 Å². The quantitative estimate of drug-likeness (QED) is 0.634. The fourth-order valence-electron chi connectivity index (χ4n) is 1.74. The number of benzene rings is 1. The van der Waals surface area contributed by atoms with E-state index in [0.29, 0.717) is 5.56 Å². The van der Waals surface area contributed by atoms with E-state index in [1.165, 1.54) is 23.0 Å². The van der Waals surface area contributed by atoms with Gasteiger partial charge in [0.1, 0.15) is 6.20 Å². The zero-order valence-corrected chi connectivity index (χ0v) is 10.6. The van der Waals surface area contributed by atoms with Crippen LogP contribution in [0.4, 0.5) is 11.5 Å². The predicted octanol–water partition coefficient (Wildman–Crippen LogP) is 1.64. The maximum Gasteiger partial charge on any atom is 0.335 e. The van der Waals surface area contributed by atoms with E-state index < -0.39 is 10.9 Å². The lowest BCUT2D eigenvalue weighted by molar-refractivity contribution is -0.384. The van der Waals surface area contributed by atoms with Crippen LogP contribution in [0.5, 0.6) is 0 Å². The van der Waals surface area contributed by atoms with Crippen LogP contribution in [0.15, 0.2) is 30.5 Å². The van der Waals surface area contributed by atoms with Crippen LogP contribution in [-0.4, -0.2) is 25.8 Å². The minimum Gasteiger partial charge on any atom is -0.478 e. The second-order valence-corrected chi connectivity index (χ2v) is 4.15. The fraction of sp³-hybridized carbons (Fsp3) is 0.167. The third-order valence-corrected chi connectivity index (χ3v) is 2.64. The molecule has 104 valence electrons. The highest BCUT2D eigenvalue weighted by atomic mass is 16.6. The van der Waals surface area contributed by atoms with Gasteiger partial charge < -0.3 is 10.4 Å². The maximum absolute atomic E-state index is 10.8. The number of nitro groups is 1. The predicted molar refractivity (Wildman–Crippen MR) is 70.6 cm³/mol. The van der Waals surface area contributed by atoms with Crippen molar-refractivity contribution < 1.29 is 14.8 Å². The van der Waals surface area contributed by atoms with Crippen LogP contribution in [0.25, 0.3) is 0 Å². The van der Waals surface area contributed by atoms with Gasteiger partial charge in [-0.3, -0.25) is 14.8 Å². The van der Waals surface area contributed by atoms with Crippen molar-refractivity contribution in [2.24, 2.45) is 7.05 Å². The molecule has 2 rings (SSSR count). The number of aromatic nitrogens is 2. The molecule has 2 aromatic rings. The molecule has 8 heteroatoms. The normalized spacial score (nSPS) is 10.2. The molecule has 0 saturated heterocycles. The molecule has 1 heterocycles. The van der Waals surface area contributed by atoms with Gasteiger partial charge in [-0.25, -0.2) is 4.79 Å².